The molecule has 2 atom stereocenters. The molecule has 5 nitrogen and oxygen atoms in total. The van der Waals surface area contributed by atoms with E-state index in [4.69, 9.17) is 10.5 Å². The molecule has 2 rings (SSSR count). The van der Waals surface area contributed by atoms with Crippen LogP contribution >= 0.6 is 0 Å². The first kappa shape index (κ1) is 17.8. The highest BCUT2D eigenvalue weighted by atomic mass is 16.5. The normalized spacial score (nSPS) is 21.3. The van der Waals surface area contributed by atoms with E-state index in [0.29, 0.717) is 6.61 Å². The number of nitrogens with two attached hydrogens (primary N) is 1. The molecule has 0 radical (unpaired) electrons. The Labute approximate surface area is 139 Å². The van der Waals surface area contributed by atoms with Crippen LogP contribution in [-0.2, 0) is 4.79 Å². The van der Waals surface area contributed by atoms with Gasteiger partial charge in [0.25, 0.3) is 0 Å². The second-order valence-electron chi connectivity index (χ2n) is 6.76. The van der Waals surface area contributed by atoms with Gasteiger partial charge >= 0.3 is 0 Å². The topological polar surface area (TPSA) is 67.6 Å². The molecule has 1 aromatic carbocycles. The molecular formula is C18H29N3O2. The maximum Gasteiger partial charge on any atom is 0.227 e. The second kappa shape index (κ2) is 8.31. The Balaban J connectivity index is 2.01. The largest absolute Gasteiger partial charge is 0.490 e. The molecule has 0 bridgehead atoms. The summed E-state index contributed by atoms with van der Waals surface area (Å²) in [5.41, 5.74) is 7.85. The summed E-state index contributed by atoms with van der Waals surface area (Å²) in [6, 6.07) is 6.02. The molecule has 1 saturated carbocycles. The molecular weight excluding hydrogens is 290 g/mol. The van der Waals surface area contributed by atoms with Crippen LogP contribution < -0.4 is 15.8 Å². The fraction of sp³-hybridized carbons (Fsp3) is 0.611. The smallest absolute Gasteiger partial charge is 0.227 e. The molecule has 0 aliphatic heterocycles. The maximum atomic E-state index is 12.5. The summed E-state index contributed by atoms with van der Waals surface area (Å²) >= 11 is 0. The summed E-state index contributed by atoms with van der Waals surface area (Å²) in [4.78, 5) is 14.6. The quantitative estimate of drug-likeness (QED) is 0.845. The van der Waals surface area contributed by atoms with Gasteiger partial charge in [-0.2, -0.15) is 0 Å². The van der Waals surface area contributed by atoms with Gasteiger partial charge in [-0.25, -0.2) is 0 Å². The van der Waals surface area contributed by atoms with E-state index in [2.05, 4.69) is 10.2 Å². The number of hydrogen-bond donors (Lipinski definition) is 2. The van der Waals surface area contributed by atoms with Gasteiger partial charge in [0, 0.05) is 18.5 Å². The molecule has 23 heavy (non-hydrogen) atoms. The van der Waals surface area contributed by atoms with Crippen molar-refractivity contribution in [2.45, 2.75) is 38.6 Å². The number of aryl methyl sites for hydroxylation is 1. The van der Waals surface area contributed by atoms with E-state index in [1.807, 2.05) is 39.2 Å². The van der Waals surface area contributed by atoms with Gasteiger partial charge in [-0.05, 0) is 58.0 Å². The lowest BCUT2D eigenvalue weighted by molar-refractivity contribution is -0.120. The van der Waals surface area contributed by atoms with Crippen LogP contribution in [-0.4, -0.2) is 44.1 Å². The Hall–Kier alpha value is -1.59. The van der Waals surface area contributed by atoms with E-state index < -0.39 is 0 Å². The Kier molecular flexibility index (Phi) is 6.42. The van der Waals surface area contributed by atoms with E-state index in [1.165, 1.54) is 0 Å². The van der Waals surface area contributed by atoms with Crippen LogP contribution in [0.15, 0.2) is 18.2 Å². The molecule has 0 aromatic heterocycles. The molecule has 3 N–H and O–H groups in total. The summed E-state index contributed by atoms with van der Waals surface area (Å²) in [7, 11) is 4.02. The van der Waals surface area contributed by atoms with Crippen molar-refractivity contribution < 1.29 is 9.53 Å². The van der Waals surface area contributed by atoms with E-state index >= 15 is 0 Å². The monoisotopic (exact) mass is 319 g/mol. The van der Waals surface area contributed by atoms with Crippen LogP contribution in [0.5, 0.6) is 5.75 Å². The highest BCUT2D eigenvalue weighted by Crippen LogP contribution is 2.29. The van der Waals surface area contributed by atoms with Gasteiger partial charge in [0.2, 0.25) is 5.91 Å². The van der Waals surface area contributed by atoms with Crippen LogP contribution in [0.2, 0.25) is 0 Å². The van der Waals surface area contributed by atoms with Crippen LogP contribution in [0.4, 0.5) is 5.69 Å². The average Bonchev–Trinajstić information content (AvgIpc) is 2.49. The molecule has 0 heterocycles. The Morgan fingerprint density at radius 1 is 1.39 bits per heavy atom. The average molecular weight is 319 g/mol. The van der Waals surface area contributed by atoms with Crippen molar-refractivity contribution >= 4 is 11.6 Å². The molecule has 1 aromatic rings. The summed E-state index contributed by atoms with van der Waals surface area (Å²) in [5.74, 6) is 0.802. The fourth-order valence-corrected chi connectivity index (χ4v) is 2.89. The summed E-state index contributed by atoms with van der Waals surface area (Å²) in [6.07, 6.45) is 3.74. The predicted molar refractivity (Wildman–Crippen MR) is 93.8 cm³/mol. The molecule has 5 heteroatoms. The van der Waals surface area contributed by atoms with Gasteiger partial charge in [-0.3, -0.25) is 4.79 Å². The lowest BCUT2D eigenvalue weighted by Crippen LogP contribution is -2.34. The third-order valence-corrected chi connectivity index (χ3v) is 4.28. The highest BCUT2D eigenvalue weighted by molar-refractivity contribution is 5.94. The predicted octanol–water partition coefficient (Wildman–Crippen LogP) is 2.39. The Morgan fingerprint density at radius 3 is 2.87 bits per heavy atom. The van der Waals surface area contributed by atoms with Crippen LogP contribution in [0.1, 0.15) is 31.2 Å². The van der Waals surface area contributed by atoms with Crippen molar-refractivity contribution in [2.75, 3.05) is 32.6 Å². The van der Waals surface area contributed by atoms with Crippen molar-refractivity contribution in [1.29, 1.82) is 0 Å². The highest BCUT2D eigenvalue weighted by Gasteiger charge is 2.25. The van der Waals surface area contributed by atoms with Crippen molar-refractivity contribution in [3.05, 3.63) is 23.8 Å². The van der Waals surface area contributed by atoms with Gasteiger partial charge in [-0.15, -0.1) is 0 Å². The standard InChI is InChI=1S/C18H29N3O2/c1-13-7-8-16(17(11-13)23-10-9-21(2)3)20-18(22)14-5-4-6-15(19)12-14/h7-8,11,14-15H,4-6,9-10,12,19H2,1-3H3,(H,20,22). The number of carbonyl (C=O) groups excluding carboxylic acids is 1. The molecule has 0 spiro atoms. The summed E-state index contributed by atoms with van der Waals surface area (Å²) < 4.78 is 5.86. The van der Waals surface area contributed by atoms with Crippen molar-refractivity contribution in [2.24, 2.45) is 11.7 Å². The van der Waals surface area contributed by atoms with E-state index in [9.17, 15) is 4.79 Å². The van der Waals surface area contributed by atoms with E-state index in [1.54, 1.807) is 0 Å². The van der Waals surface area contributed by atoms with Gasteiger partial charge in [-0.1, -0.05) is 12.5 Å². The Morgan fingerprint density at radius 2 is 2.17 bits per heavy atom. The van der Waals surface area contributed by atoms with Crippen molar-refractivity contribution in [1.82, 2.24) is 4.90 Å². The van der Waals surface area contributed by atoms with Gasteiger partial charge in [0.15, 0.2) is 0 Å². The number of amides is 1. The number of ether oxygens (including phenoxy) is 1. The maximum absolute atomic E-state index is 12.5. The zero-order valence-electron chi connectivity index (χ0n) is 14.5. The Bertz CT molecular complexity index is 531. The number of carbonyl (C=O) groups is 1. The second-order valence-corrected chi connectivity index (χ2v) is 6.76. The van der Waals surface area contributed by atoms with E-state index in [0.717, 1.165) is 49.2 Å². The van der Waals surface area contributed by atoms with Gasteiger partial charge in [0.1, 0.15) is 12.4 Å². The first-order valence-corrected chi connectivity index (χ1v) is 8.40. The fourth-order valence-electron chi connectivity index (χ4n) is 2.89. The molecule has 1 aliphatic carbocycles. The third kappa shape index (κ3) is 5.52. The molecule has 1 amide bonds. The zero-order chi connectivity index (χ0) is 16.8. The lowest BCUT2D eigenvalue weighted by atomic mass is 9.85. The molecule has 1 aliphatic rings. The van der Waals surface area contributed by atoms with Gasteiger partial charge in [0.05, 0.1) is 5.69 Å². The first-order valence-electron chi connectivity index (χ1n) is 8.40. The lowest BCUT2D eigenvalue weighted by Gasteiger charge is -2.26. The number of nitrogens with zero attached hydrogens (tertiary/aromatic N) is 1. The van der Waals surface area contributed by atoms with Crippen molar-refractivity contribution in [3.63, 3.8) is 0 Å². The van der Waals surface area contributed by atoms with Crippen LogP contribution in [0.25, 0.3) is 0 Å². The van der Waals surface area contributed by atoms with Crippen LogP contribution in [0, 0.1) is 12.8 Å². The van der Waals surface area contributed by atoms with E-state index in [-0.39, 0.29) is 17.9 Å². The number of hydrogen-bond acceptors (Lipinski definition) is 4. The number of rotatable bonds is 6. The van der Waals surface area contributed by atoms with Crippen molar-refractivity contribution in [3.8, 4) is 5.75 Å². The first-order chi connectivity index (χ1) is 11.0. The molecule has 0 saturated heterocycles. The van der Waals surface area contributed by atoms with Gasteiger partial charge < -0.3 is 20.7 Å². The molecule has 128 valence electrons. The SMILES string of the molecule is Cc1ccc(NC(=O)C2CCCC(N)C2)c(OCCN(C)C)c1. The number of benzene rings is 1. The summed E-state index contributed by atoms with van der Waals surface area (Å²) in [6.45, 7) is 3.44. The molecule has 2 unspecified atom stereocenters. The third-order valence-electron chi connectivity index (χ3n) is 4.28. The minimum atomic E-state index is 0.00896. The van der Waals surface area contributed by atoms with Crippen LogP contribution in [0.3, 0.4) is 0 Å². The minimum Gasteiger partial charge on any atom is -0.490 e. The number of likely N-dealkylation sites (N-methyl/N-ethyl adjacent to an activating group) is 1. The molecule has 1 fully saturated rings. The zero-order valence-corrected chi connectivity index (χ0v) is 14.5. The number of anilines is 1. The summed E-state index contributed by atoms with van der Waals surface area (Å²) in [5, 5.41) is 3.03. The minimum absolute atomic E-state index is 0.00896. The number of nitrogens with one attached hydrogen (secondary N) is 1.